The van der Waals surface area contributed by atoms with Gasteiger partial charge in [-0.2, -0.15) is 0 Å². The van der Waals surface area contributed by atoms with E-state index in [9.17, 15) is 9.90 Å². The summed E-state index contributed by atoms with van der Waals surface area (Å²) in [6.45, 7) is 3.65. The van der Waals surface area contributed by atoms with E-state index in [1.54, 1.807) is 0 Å². The summed E-state index contributed by atoms with van der Waals surface area (Å²) in [6.07, 6.45) is 3.12. The Morgan fingerprint density at radius 2 is 2.12 bits per heavy atom. The minimum absolute atomic E-state index is 0.501. The van der Waals surface area contributed by atoms with E-state index in [1.807, 2.05) is 7.05 Å². The molecular formula is C12H20N2O2. The monoisotopic (exact) mass is 224 g/mol. The van der Waals surface area contributed by atoms with Crippen LogP contribution in [0.5, 0.6) is 0 Å². The zero-order valence-corrected chi connectivity index (χ0v) is 9.83. The Bertz CT molecular complexity index is 306. The molecule has 1 saturated heterocycles. The van der Waals surface area contributed by atoms with Gasteiger partial charge in [0.15, 0.2) is 0 Å². The first-order valence-electron chi connectivity index (χ1n) is 6.03. The number of likely N-dealkylation sites (N-methyl/N-ethyl adjacent to an activating group) is 1. The van der Waals surface area contributed by atoms with Crippen molar-refractivity contribution in [3.05, 3.63) is 11.1 Å². The molecule has 0 atom stereocenters. The van der Waals surface area contributed by atoms with Gasteiger partial charge >= 0.3 is 5.97 Å². The predicted octanol–water partition coefficient (Wildman–Crippen LogP) is 0.703. The first-order valence-corrected chi connectivity index (χ1v) is 6.03. The molecule has 0 amide bonds. The Hall–Kier alpha value is -0.870. The van der Waals surface area contributed by atoms with Gasteiger partial charge in [-0.05, 0) is 45.3 Å². The third-order valence-electron chi connectivity index (χ3n) is 3.67. The van der Waals surface area contributed by atoms with Crippen LogP contribution in [0.2, 0.25) is 0 Å². The maximum absolute atomic E-state index is 11.3. The van der Waals surface area contributed by atoms with Crippen molar-refractivity contribution in [3.63, 3.8) is 0 Å². The zero-order valence-electron chi connectivity index (χ0n) is 9.83. The van der Waals surface area contributed by atoms with Gasteiger partial charge < -0.3 is 15.3 Å². The third kappa shape index (κ3) is 2.44. The van der Waals surface area contributed by atoms with Crippen LogP contribution >= 0.6 is 0 Å². The summed E-state index contributed by atoms with van der Waals surface area (Å²) in [5.41, 5.74) is 1.87. The van der Waals surface area contributed by atoms with E-state index in [0.717, 1.165) is 38.9 Å². The molecule has 2 aliphatic heterocycles. The van der Waals surface area contributed by atoms with E-state index >= 15 is 0 Å². The molecule has 16 heavy (non-hydrogen) atoms. The van der Waals surface area contributed by atoms with Crippen LogP contribution in [0.25, 0.3) is 0 Å². The summed E-state index contributed by atoms with van der Waals surface area (Å²) in [7, 11) is 1.99. The van der Waals surface area contributed by atoms with Crippen molar-refractivity contribution in [1.82, 2.24) is 10.2 Å². The maximum atomic E-state index is 11.3. The fourth-order valence-electron chi connectivity index (χ4n) is 2.74. The first kappa shape index (κ1) is 11.6. The van der Waals surface area contributed by atoms with Gasteiger partial charge in [0, 0.05) is 13.1 Å². The van der Waals surface area contributed by atoms with Crippen LogP contribution in [0, 0.1) is 5.92 Å². The van der Waals surface area contributed by atoms with E-state index in [2.05, 4.69) is 10.2 Å². The van der Waals surface area contributed by atoms with E-state index < -0.39 is 5.97 Å². The number of aliphatic carboxylic acids is 1. The van der Waals surface area contributed by atoms with Gasteiger partial charge in [-0.3, -0.25) is 0 Å². The Labute approximate surface area is 96.3 Å². The molecule has 2 heterocycles. The molecule has 2 aliphatic rings. The van der Waals surface area contributed by atoms with E-state index in [0.29, 0.717) is 18.0 Å². The Balaban J connectivity index is 2.19. The van der Waals surface area contributed by atoms with Crippen molar-refractivity contribution in [2.45, 2.75) is 19.3 Å². The molecule has 0 aromatic heterocycles. The fourth-order valence-corrected chi connectivity index (χ4v) is 2.74. The molecule has 0 aromatic carbocycles. The number of nitrogens with one attached hydrogen (secondary N) is 1. The van der Waals surface area contributed by atoms with Gasteiger partial charge in [-0.25, -0.2) is 4.79 Å². The Kier molecular flexibility index (Phi) is 3.61. The summed E-state index contributed by atoms with van der Waals surface area (Å²) < 4.78 is 0. The normalized spacial score (nSPS) is 24.8. The van der Waals surface area contributed by atoms with Crippen LogP contribution in [0.15, 0.2) is 11.1 Å². The van der Waals surface area contributed by atoms with Gasteiger partial charge in [-0.1, -0.05) is 5.57 Å². The second-order valence-electron chi connectivity index (χ2n) is 4.82. The standard InChI is InChI=1S/C12H20N2O2/c1-14-7-4-10(11(8-14)12(15)16)9-2-5-13-6-3-9/h9,13H,2-8H2,1H3,(H,15,16). The highest BCUT2D eigenvalue weighted by atomic mass is 16.4. The predicted molar refractivity (Wildman–Crippen MR) is 62.4 cm³/mol. The largest absolute Gasteiger partial charge is 0.478 e. The molecule has 90 valence electrons. The molecule has 0 bridgehead atoms. The van der Waals surface area contributed by atoms with Crippen LogP contribution < -0.4 is 5.32 Å². The lowest BCUT2D eigenvalue weighted by Gasteiger charge is -2.32. The number of hydrogen-bond acceptors (Lipinski definition) is 3. The highest BCUT2D eigenvalue weighted by Crippen LogP contribution is 2.30. The number of piperidine rings is 1. The Morgan fingerprint density at radius 1 is 1.44 bits per heavy atom. The lowest BCUT2D eigenvalue weighted by Crippen LogP contribution is -2.36. The number of hydrogen-bond donors (Lipinski definition) is 2. The second-order valence-corrected chi connectivity index (χ2v) is 4.82. The molecule has 4 heteroatoms. The van der Waals surface area contributed by atoms with Crippen molar-refractivity contribution >= 4 is 5.97 Å². The molecule has 0 spiro atoms. The Morgan fingerprint density at radius 3 is 2.75 bits per heavy atom. The van der Waals surface area contributed by atoms with Crippen molar-refractivity contribution in [2.24, 2.45) is 5.92 Å². The van der Waals surface area contributed by atoms with Crippen LogP contribution in [0.1, 0.15) is 19.3 Å². The van der Waals surface area contributed by atoms with E-state index in [1.165, 1.54) is 5.57 Å². The van der Waals surface area contributed by atoms with Crippen molar-refractivity contribution in [1.29, 1.82) is 0 Å². The number of carboxylic acids is 1. The van der Waals surface area contributed by atoms with Gasteiger partial charge in [0.05, 0.1) is 5.57 Å². The van der Waals surface area contributed by atoms with Crippen molar-refractivity contribution in [2.75, 3.05) is 33.2 Å². The SMILES string of the molecule is CN1CCC(C2CCNCC2)=C(C(=O)O)C1. The molecule has 0 radical (unpaired) electrons. The van der Waals surface area contributed by atoms with E-state index in [4.69, 9.17) is 0 Å². The minimum Gasteiger partial charge on any atom is -0.478 e. The molecule has 0 aromatic rings. The molecular weight excluding hydrogens is 204 g/mol. The molecule has 1 fully saturated rings. The lowest BCUT2D eigenvalue weighted by molar-refractivity contribution is -0.133. The number of rotatable bonds is 2. The van der Waals surface area contributed by atoms with Crippen LogP contribution in [0.3, 0.4) is 0 Å². The van der Waals surface area contributed by atoms with Gasteiger partial charge in [-0.15, -0.1) is 0 Å². The number of carboxylic acid groups (broad SMARTS) is 1. The molecule has 0 saturated carbocycles. The summed E-state index contributed by atoms with van der Waals surface area (Å²) >= 11 is 0. The minimum atomic E-state index is -0.722. The van der Waals surface area contributed by atoms with Gasteiger partial charge in [0.1, 0.15) is 0 Å². The summed E-state index contributed by atoms with van der Waals surface area (Å²) in [5.74, 6) is -0.221. The topological polar surface area (TPSA) is 52.6 Å². The number of carbonyl (C=O) groups is 1. The summed E-state index contributed by atoms with van der Waals surface area (Å²) in [4.78, 5) is 13.3. The highest BCUT2D eigenvalue weighted by molar-refractivity contribution is 5.88. The molecule has 0 aliphatic carbocycles. The van der Waals surface area contributed by atoms with Crippen LogP contribution in [0.4, 0.5) is 0 Å². The highest BCUT2D eigenvalue weighted by Gasteiger charge is 2.27. The number of nitrogens with zero attached hydrogens (tertiary/aromatic N) is 1. The summed E-state index contributed by atoms with van der Waals surface area (Å²) in [5, 5.41) is 12.6. The average molecular weight is 224 g/mol. The van der Waals surface area contributed by atoms with Crippen LogP contribution in [-0.4, -0.2) is 49.2 Å². The molecule has 2 N–H and O–H groups in total. The van der Waals surface area contributed by atoms with Gasteiger partial charge in [0.2, 0.25) is 0 Å². The fraction of sp³-hybridized carbons (Fsp3) is 0.750. The maximum Gasteiger partial charge on any atom is 0.332 e. The smallest absolute Gasteiger partial charge is 0.332 e. The van der Waals surface area contributed by atoms with E-state index in [-0.39, 0.29) is 0 Å². The lowest BCUT2D eigenvalue weighted by atomic mass is 9.83. The average Bonchev–Trinajstić information content (AvgIpc) is 2.30. The molecule has 4 nitrogen and oxygen atoms in total. The molecule has 0 unspecified atom stereocenters. The zero-order chi connectivity index (χ0) is 11.5. The van der Waals surface area contributed by atoms with Gasteiger partial charge in [0.25, 0.3) is 0 Å². The summed E-state index contributed by atoms with van der Waals surface area (Å²) in [6, 6.07) is 0. The molecule has 2 rings (SSSR count). The van der Waals surface area contributed by atoms with Crippen molar-refractivity contribution in [3.8, 4) is 0 Å². The quantitative estimate of drug-likeness (QED) is 0.725. The second kappa shape index (κ2) is 4.97. The first-order chi connectivity index (χ1) is 7.68. The van der Waals surface area contributed by atoms with Crippen molar-refractivity contribution < 1.29 is 9.90 Å². The van der Waals surface area contributed by atoms with Crippen LogP contribution in [-0.2, 0) is 4.79 Å². The third-order valence-corrected chi connectivity index (χ3v) is 3.67.